The lowest BCUT2D eigenvalue weighted by molar-refractivity contribution is -0.661. The summed E-state index contributed by atoms with van der Waals surface area (Å²) in [6, 6.07) is 4.06. The maximum Gasteiger partial charge on any atom is 0.212 e. The van der Waals surface area contributed by atoms with Crippen molar-refractivity contribution in [2.24, 2.45) is 7.05 Å². The van der Waals surface area contributed by atoms with Gasteiger partial charge in [-0.05, 0) is 90.2 Å². The smallest absolute Gasteiger partial charge is 0.201 e. The summed E-state index contributed by atoms with van der Waals surface area (Å²) in [5, 5.41) is 0. The van der Waals surface area contributed by atoms with Crippen LogP contribution >= 0.6 is 0 Å². The summed E-state index contributed by atoms with van der Waals surface area (Å²) in [5.74, 6) is 0. The first-order valence-corrected chi connectivity index (χ1v) is 9.53. The molecule has 1 aliphatic rings. The van der Waals surface area contributed by atoms with Gasteiger partial charge < -0.3 is 0 Å². The normalized spacial score (nSPS) is 28.4. The molecule has 0 spiro atoms. The van der Waals surface area contributed by atoms with Gasteiger partial charge in [0.15, 0.2) is 6.20 Å². The summed E-state index contributed by atoms with van der Waals surface area (Å²) in [6.45, 7) is 5.12. The van der Waals surface area contributed by atoms with Gasteiger partial charge in [-0.25, -0.2) is 4.57 Å². The zero-order valence-electron chi connectivity index (χ0n) is 31.3. The van der Waals surface area contributed by atoms with E-state index in [1.54, 1.807) is 6.92 Å². The maximum atomic E-state index is 9.02. The molecule has 0 unspecified atom stereocenters. The first-order chi connectivity index (χ1) is 19.2. The monoisotopic (exact) mass is 398 g/mol. The van der Waals surface area contributed by atoms with Crippen molar-refractivity contribution in [3.8, 4) is 22.4 Å². The van der Waals surface area contributed by atoms with Crippen LogP contribution in [0.1, 0.15) is 80.5 Å². The van der Waals surface area contributed by atoms with Gasteiger partial charge in [0, 0.05) is 32.3 Å². The number of aromatic nitrogens is 1. The molecule has 150 valence electrons. The van der Waals surface area contributed by atoms with Gasteiger partial charge in [-0.15, -0.1) is 0 Å². The minimum absolute atomic E-state index is 0.153. The Hall–Kier alpha value is -2.41. The van der Waals surface area contributed by atoms with E-state index in [2.05, 4.69) is 20.8 Å². The van der Waals surface area contributed by atoms with Crippen LogP contribution in [-0.2, 0) is 25.2 Å². The van der Waals surface area contributed by atoms with E-state index in [1.165, 1.54) is 12.1 Å². The lowest BCUT2D eigenvalue weighted by atomic mass is 9.86. The minimum atomic E-state index is -3.49. The second-order valence-corrected chi connectivity index (χ2v) is 8.38. The Morgan fingerprint density at radius 1 is 1.00 bits per heavy atom. The van der Waals surface area contributed by atoms with Gasteiger partial charge in [-0.2, -0.15) is 0 Å². The molecule has 1 aliphatic carbocycles. The number of hydrogen-bond donors (Lipinski definition) is 0. The van der Waals surface area contributed by atoms with E-state index in [1.807, 2.05) is 29.9 Å². The van der Waals surface area contributed by atoms with Gasteiger partial charge in [-0.1, -0.05) is 45.0 Å². The van der Waals surface area contributed by atoms with Crippen molar-refractivity contribution in [1.29, 1.82) is 0 Å². The van der Waals surface area contributed by atoms with Gasteiger partial charge in [0.25, 0.3) is 0 Å². The van der Waals surface area contributed by atoms with Crippen LogP contribution in [0, 0.1) is 13.8 Å². The Kier molecular flexibility index (Phi) is 2.35. The Morgan fingerprint density at radius 2 is 1.76 bits per heavy atom. The topological polar surface area (TPSA) is 3.88 Å². The van der Waals surface area contributed by atoms with Crippen molar-refractivity contribution in [3.63, 3.8) is 0 Å². The van der Waals surface area contributed by atoms with Crippen LogP contribution in [0.2, 0.25) is 0 Å². The SMILES string of the molecule is [2H]c1c([2H])c2c(c([2H])c1-c1cc(-c3ccc(C(C)(C)C)c[n+]3C)c(C)cc1C([2H])([2H])[2H])C([2H])([2H])C([2H])([2H])C([2H])([2H])C2([2H])[2H]. The average molecular weight is 399 g/mol. The molecule has 0 amide bonds. The number of aryl methyl sites for hydroxylation is 3. The van der Waals surface area contributed by atoms with Gasteiger partial charge in [-0.3, -0.25) is 0 Å². The Morgan fingerprint density at radius 3 is 2.45 bits per heavy atom. The van der Waals surface area contributed by atoms with E-state index in [9.17, 15) is 0 Å². The first-order valence-electron chi connectivity index (χ1n) is 16.5. The molecule has 4 rings (SSSR count). The van der Waals surface area contributed by atoms with Crippen LogP contribution in [-0.4, -0.2) is 0 Å². The van der Waals surface area contributed by atoms with Crippen molar-refractivity contribution >= 4 is 0 Å². The molecule has 1 heterocycles. The maximum absolute atomic E-state index is 9.02. The third-order valence-corrected chi connectivity index (χ3v) is 5.16. The molecule has 0 N–H and O–H groups in total. The quantitative estimate of drug-likeness (QED) is 0.426. The lowest BCUT2D eigenvalue weighted by Gasteiger charge is -2.19. The molecule has 1 nitrogen and oxygen atoms in total. The summed E-state index contributed by atoms with van der Waals surface area (Å²) in [7, 11) is 1.82. The Labute approximate surface area is 196 Å². The van der Waals surface area contributed by atoms with Crippen LogP contribution < -0.4 is 4.57 Å². The third-order valence-electron chi connectivity index (χ3n) is 5.16. The molecular formula is C28H34N+. The van der Waals surface area contributed by atoms with Crippen molar-refractivity contribution in [2.75, 3.05) is 0 Å². The number of fused-ring (bicyclic) bond motifs is 1. The molecule has 3 aromatic rings. The first kappa shape index (κ1) is 9.16. The predicted molar refractivity (Wildman–Crippen MR) is 123 cm³/mol. The van der Waals surface area contributed by atoms with Gasteiger partial charge in [0.1, 0.15) is 7.05 Å². The van der Waals surface area contributed by atoms with E-state index in [0.717, 1.165) is 5.56 Å². The van der Waals surface area contributed by atoms with Crippen LogP contribution in [0.15, 0.2) is 48.6 Å². The highest BCUT2D eigenvalue weighted by molar-refractivity contribution is 5.76. The predicted octanol–water partition coefficient (Wildman–Crippen LogP) is 6.64. The third kappa shape index (κ3) is 3.88. The van der Waals surface area contributed by atoms with E-state index in [0.29, 0.717) is 16.8 Å². The minimum Gasteiger partial charge on any atom is -0.201 e. The lowest BCUT2D eigenvalue weighted by Crippen LogP contribution is -2.33. The Balaban J connectivity index is 2.17. The number of benzene rings is 2. The molecule has 29 heavy (non-hydrogen) atoms. The van der Waals surface area contributed by atoms with Crippen LogP contribution in [0.25, 0.3) is 22.4 Å². The fourth-order valence-corrected chi connectivity index (χ4v) is 3.44. The Bertz CT molecular complexity index is 1650. The number of pyridine rings is 1. The van der Waals surface area contributed by atoms with E-state index < -0.39 is 67.2 Å². The zero-order valence-corrected chi connectivity index (χ0v) is 17.3. The fraction of sp³-hybridized carbons (Fsp3) is 0.393. The average Bonchev–Trinajstić information content (AvgIpc) is 2.84. The molecule has 0 saturated carbocycles. The largest absolute Gasteiger partial charge is 0.212 e. The zero-order chi connectivity index (χ0) is 33.0. The molecule has 0 radical (unpaired) electrons. The summed E-state index contributed by atoms with van der Waals surface area (Å²) >= 11 is 0. The number of rotatable bonds is 2. The van der Waals surface area contributed by atoms with Gasteiger partial charge in [0.2, 0.25) is 5.69 Å². The summed E-state index contributed by atoms with van der Waals surface area (Å²) in [5.41, 5.74) is -0.0944. The molecule has 1 heteroatoms. The molecule has 0 bridgehead atoms. The standard InChI is InChI=1S/C28H34N/c1-19-15-20(2)26(27-14-13-24(18-29(27)6)28(3,4)5)17-25(19)23-12-11-21-9-7-8-10-22(21)16-23/h11-18H,7-10H2,1-6H3/q+1/i1D3,7D2,8D2,9D2,10D2,11D,12D,16D. The molecule has 0 aliphatic heterocycles. The highest BCUT2D eigenvalue weighted by Crippen LogP contribution is 2.34. The second kappa shape index (κ2) is 7.44. The number of nitrogens with zero attached hydrogens (tertiary/aromatic N) is 1. The van der Waals surface area contributed by atoms with Crippen LogP contribution in [0.3, 0.4) is 0 Å². The summed E-state index contributed by atoms with van der Waals surface area (Å²) < 4.78 is 120. The van der Waals surface area contributed by atoms with E-state index in [4.69, 9.17) is 19.2 Å². The molecule has 0 saturated heterocycles. The summed E-state index contributed by atoms with van der Waals surface area (Å²) in [6.07, 6.45) is -11.6. The number of hydrogen-bond acceptors (Lipinski definition) is 0. The molecule has 0 atom stereocenters. The summed E-state index contributed by atoms with van der Waals surface area (Å²) in [4.78, 5) is 0. The van der Waals surface area contributed by atoms with E-state index >= 15 is 0 Å². The highest BCUT2D eigenvalue weighted by Gasteiger charge is 2.21. The van der Waals surface area contributed by atoms with E-state index in [-0.39, 0.29) is 16.5 Å². The van der Waals surface area contributed by atoms with Crippen molar-refractivity contribution < 1.29 is 23.8 Å². The molecular weight excluding hydrogens is 350 g/mol. The fourth-order valence-electron chi connectivity index (χ4n) is 3.44. The van der Waals surface area contributed by atoms with Crippen molar-refractivity contribution in [3.05, 3.63) is 76.4 Å². The highest BCUT2D eigenvalue weighted by atomic mass is 14.9. The van der Waals surface area contributed by atoms with Gasteiger partial charge >= 0.3 is 0 Å². The van der Waals surface area contributed by atoms with Crippen molar-refractivity contribution in [1.82, 2.24) is 0 Å². The van der Waals surface area contributed by atoms with Gasteiger partial charge in [0.05, 0.1) is 4.11 Å². The molecule has 2 aromatic carbocycles. The van der Waals surface area contributed by atoms with Crippen molar-refractivity contribution in [2.45, 2.75) is 65.5 Å². The van der Waals surface area contributed by atoms with Crippen LogP contribution in [0.5, 0.6) is 0 Å². The molecule has 0 fully saturated rings. The van der Waals surface area contributed by atoms with Crippen LogP contribution in [0.4, 0.5) is 0 Å². The molecule has 1 aromatic heterocycles. The second-order valence-electron chi connectivity index (χ2n) is 8.38.